The van der Waals surface area contributed by atoms with Crippen LogP contribution >= 0.6 is 37.8 Å². The van der Waals surface area contributed by atoms with E-state index < -0.39 is 3.64 Å². The molecule has 7 heteroatoms. The highest BCUT2D eigenvalue weighted by atomic mass is 33.5. The Kier molecular flexibility index (Phi) is 6.86. The molecule has 0 unspecified atom stereocenters. The number of terminal acetylenes is 1. The first kappa shape index (κ1) is 17.9. The number of hydrogen-bond acceptors (Lipinski definition) is 4. The van der Waals surface area contributed by atoms with Crippen LogP contribution in [0.4, 0.5) is 8.78 Å². The maximum absolute atomic E-state index is 13.0. The van der Waals surface area contributed by atoms with Crippen LogP contribution in [0.1, 0.15) is 0 Å². The van der Waals surface area contributed by atoms with Gasteiger partial charge in [0.15, 0.2) is 0 Å². The van der Waals surface area contributed by atoms with E-state index in [2.05, 4.69) is 5.92 Å². The van der Waals surface area contributed by atoms with Gasteiger partial charge in [-0.3, -0.25) is 0 Å². The molecular weight excluding hydrogens is 377 g/mol. The van der Waals surface area contributed by atoms with Gasteiger partial charge in [-0.25, -0.2) is 8.78 Å². The number of benzene rings is 2. The van der Waals surface area contributed by atoms with E-state index in [1.54, 1.807) is 35.6 Å². The Hall–Kier alpha value is -0.440. The van der Waals surface area contributed by atoms with E-state index >= 15 is 0 Å². The summed E-state index contributed by atoms with van der Waals surface area (Å²) in [6.07, 6.45) is 5.35. The van der Waals surface area contributed by atoms with Crippen molar-refractivity contribution >= 4 is 49.6 Å². The van der Waals surface area contributed by atoms with Crippen LogP contribution in [0.15, 0.2) is 58.3 Å². The molecule has 0 amide bonds. The van der Waals surface area contributed by atoms with Crippen molar-refractivity contribution in [1.29, 1.82) is 0 Å². The van der Waals surface area contributed by atoms with E-state index in [4.69, 9.17) is 18.2 Å². The molecule has 0 radical (unpaired) electrons. The quantitative estimate of drug-likeness (QED) is 0.412. The molecular formula is C15H11F2PS4. The average Bonchev–Trinajstić information content (AvgIpc) is 2.50. The van der Waals surface area contributed by atoms with Crippen LogP contribution in [-0.2, 0) is 11.8 Å². The first-order valence-corrected chi connectivity index (χ1v) is 13.3. The van der Waals surface area contributed by atoms with Crippen molar-refractivity contribution < 1.29 is 8.78 Å². The summed E-state index contributed by atoms with van der Waals surface area (Å²) >= 11 is 10.4. The summed E-state index contributed by atoms with van der Waals surface area (Å²) in [5.41, 5.74) is 0. The first-order valence-electron chi connectivity index (χ1n) is 6.09. The third-order valence-corrected chi connectivity index (χ3v) is 15.2. The Morgan fingerprint density at radius 3 is 1.68 bits per heavy atom. The molecule has 2 aromatic rings. The third kappa shape index (κ3) is 5.64. The molecule has 0 spiro atoms. The van der Waals surface area contributed by atoms with Crippen molar-refractivity contribution in [3.05, 3.63) is 60.2 Å². The van der Waals surface area contributed by atoms with Gasteiger partial charge in [-0.15, -0.1) is 6.42 Å². The second-order valence-electron chi connectivity index (χ2n) is 4.02. The molecule has 0 heterocycles. The Balaban J connectivity index is 2.19. The van der Waals surface area contributed by atoms with Crippen molar-refractivity contribution in [2.24, 2.45) is 0 Å². The molecule has 0 atom stereocenters. The second kappa shape index (κ2) is 8.42. The average molecular weight is 388 g/mol. The van der Waals surface area contributed by atoms with Crippen LogP contribution in [0.2, 0.25) is 0 Å². The molecule has 0 N–H and O–H groups in total. The Bertz CT molecular complexity index is 656. The van der Waals surface area contributed by atoms with Crippen LogP contribution in [0.25, 0.3) is 0 Å². The van der Waals surface area contributed by atoms with Gasteiger partial charge in [-0.2, -0.15) is 0 Å². The lowest BCUT2D eigenvalue weighted by Crippen LogP contribution is -1.77. The highest BCUT2D eigenvalue weighted by Gasteiger charge is 2.21. The Morgan fingerprint density at radius 1 is 0.909 bits per heavy atom. The molecule has 114 valence electrons. The van der Waals surface area contributed by atoms with Gasteiger partial charge in [0.2, 0.25) is 0 Å². The first-order chi connectivity index (χ1) is 10.5. The predicted molar refractivity (Wildman–Crippen MR) is 100 cm³/mol. The van der Waals surface area contributed by atoms with E-state index in [0.717, 1.165) is 9.79 Å². The Labute approximate surface area is 146 Å². The summed E-state index contributed by atoms with van der Waals surface area (Å²) in [7, 11) is 0. The van der Waals surface area contributed by atoms with E-state index in [9.17, 15) is 8.78 Å². The van der Waals surface area contributed by atoms with Gasteiger partial charge in [0.25, 0.3) is 0 Å². The van der Waals surface area contributed by atoms with Crippen molar-refractivity contribution in [3.8, 4) is 12.3 Å². The number of rotatable bonds is 6. The minimum absolute atomic E-state index is 0.278. The topological polar surface area (TPSA) is 0 Å². The molecule has 0 fully saturated rings. The van der Waals surface area contributed by atoms with Crippen LogP contribution in [0.3, 0.4) is 0 Å². The maximum atomic E-state index is 13.0. The normalized spacial score (nSPS) is 11.1. The highest BCUT2D eigenvalue weighted by Crippen LogP contribution is 2.81. The number of halogens is 2. The van der Waals surface area contributed by atoms with Crippen LogP contribution in [-0.4, -0.2) is 5.75 Å². The summed E-state index contributed by atoms with van der Waals surface area (Å²) in [5.74, 6) is 2.55. The second-order valence-corrected chi connectivity index (χ2v) is 19.4. The van der Waals surface area contributed by atoms with Crippen molar-refractivity contribution in [2.75, 3.05) is 5.75 Å². The maximum Gasteiger partial charge on any atom is 0.123 e. The summed E-state index contributed by atoms with van der Waals surface area (Å²) in [6.45, 7) is 0. The van der Waals surface area contributed by atoms with Crippen molar-refractivity contribution in [3.63, 3.8) is 0 Å². The van der Waals surface area contributed by atoms with Gasteiger partial charge < -0.3 is 0 Å². The fraction of sp³-hybridized carbons (Fsp3) is 0.0667. The largest absolute Gasteiger partial charge is 0.207 e. The highest BCUT2D eigenvalue weighted by molar-refractivity contribution is 9.23. The molecule has 2 aromatic carbocycles. The van der Waals surface area contributed by atoms with Crippen LogP contribution < -0.4 is 0 Å². The monoisotopic (exact) mass is 388 g/mol. The summed E-state index contributed by atoms with van der Waals surface area (Å²) in [6, 6.07) is 12.5. The molecule has 0 aliphatic carbocycles. The van der Waals surface area contributed by atoms with Gasteiger partial charge >= 0.3 is 0 Å². The molecule has 0 saturated heterocycles. The van der Waals surface area contributed by atoms with Crippen molar-refractivity contribution in [2.45, 2.75) is 9.79 Å². The van der Waals surface area contributed by atoms with E-state index in [-0.39, 0.29) is 11.6 Å². The van der Waals surface area contributed by atoms with E-state index in [0.29, 0.717) is 5.75 Å². The molecule has 2 rings (SSSR count). The van der Waals surface area contributed by atoms with Crippen LogP contribution in [0, 0.1) is 24.0 Å². The molecule has 0 saturated carbocycles. The zero-order chi connectivity index (χ0) is 16.0. The van der Waals surface area contributed by atoms with Gasteiger partial charge in [-0.05, 0) is 48.5 Å². The standard InChI is InChI=1S/C15H11F2PS4/c1-2-11-20-18(19,21-14-7-3-12(16)4-8-14)22-15-9-5-13(17)6-10-15/h1,3-10H,11H2. The summed E-state index contributed by atoms with van der Waals surface area (Å²) in [5, 5.41) is 0. The smallest absolute Gasteiger partial charge is 0.123 e. The fourth-order valence-electron chi connectivity index (χ4n) is 1.44. The van der Waals surface area contributed by atoms with Crippen molar-refractivity contribution in [1.82, 2.24) is 0 Å². The minimum Gasteiger partial charge on any atom is -0.207 e. The summed E-state index contributed by atoms with van der Waals surface area (Å²) < 4.78 is 24.0. The van der Waals surface area contributed by atoms with Crippen LogP contribution in [0.5, 0.6) is 0 Å². The lowest BCUT2D eigenvalue weighted by atomic mass is 10.4. The zero-order valence-electron chi connectivity index (χ0n) is 11.2. The van der Waals surface area contributed by atoms with E-state index in [1.165, 1.54) is 47.0 Å². The zero-order valence-corrected chi connectivity index (χ0v) is 15.4. The molecule has 0 bridgehead atoms. The predicted octanol–water partition coefficient (Wildman–Crippen LogP) is 6.44. The van der Waals surface area contributed by atoms with Gasteiger partial charge in [0.1, 0.15) is 15.3 Å². The molecule has 0 aromatic heterocycles. The van der Waals surface area contributed by atoms with Gasteiger partial charge in [0, 0.05) is 9.79 Å². The fourth-order valence-corrected chi connectivity index (χ4v) is 13.6. The molecule has 0 aliphatic rings. The van der Waals surface area contributed by atoms with E-state index in [1.807, 2.05) is 0 Å². The van der Waals surface area contributed by atoms with Gasteiger partial charge in [-0.1, -0.05) is 51.9 Å². The number of hydrogen-bond donors (Lipinski definition) is 0. The summed E-state index contributed by atoms with van der Waals surface area (Å²) in [4.78, 5) is 1.81. The lowest BCUT2D eigenvalue weighted by molar-refractivity contribution is 0.626. The molecule has 0 aliphatic heterocycles. The molecule has 0 nitrogen and oxygen atoms in total. The third-order valence-electron chi connectivity index (χ3n) is 2.37. The van der Waals surface area contributed by atoms with Gasteiger partial charge in [0.05, 0.1) is 5.75 Å². The Morgan fingerprint density at radius 2 is 1.32 bits per heavy atom. The lowest BCUT2D eigenvalue weighted by Gasteiger charge is -2.19. The molecule has 22 heavy (non-hydrogen) atoms. The minimum atomic E-state index is -2.01. The SMILES string of the molecule is C#CCSP(=S)(Sc1ccc(F)cc1)Sc1ccc(F)cc1.